The maximum absolute atomic E-state index is 11.2. The lowest BCUT2D eigenvalue weighted by Gasteiger charge is -2.11. The summed E-state index contributed by atoms with van der Waals surface area (Å²) in [7, 11) is 1.07. The highest BCUT2D eigenvalue weighted by Gasteiger charge is 2.10. The highest BCUT2D eigenvalue weighted by molar-refractivity contribution is 7.82. The van der Waals surface area contributed by atoms with Crippen LogP contribution < -0.4 is 9.08 Å². The average Bonchev–Trinajstić information content (AvgIpc) is 2.54. The van der Waals surface area contributed by atoms with Crippen molar-refractivity contribution in [2.24, 2.45) is 0 Å². The fraction of sp³-hybridized carbons (Fsp3) is 0.176. The lowest BCUT2D eigenvalue weighted by molar-refractivity contribution is 0.330. The Balaban J connectivity index is 2.05. The minimum Gasteiger partial charge on any atom is -0.378 e. The van der Waals surface area contributed by atoms with Gasteiger partial charge in [-0.25, -0.2) is 4.18 Å². The number of hydrogen-bond donors (Lipinski definition) is 0. The lowest BCUT2D eigenvalue weighted by atomic mass is 10.1. The Labute approximate surface area is 137 Å². The van der Waals surface area contributed by atoms with Gasteiger partial charge in [0.1, 0.15) is 5.75 Å². The molecular formula is C17H19NO4S. The first-order valence-corrected chi connectivity index (χ1v) is 8.28. The van der Waals surface area contributed by atoms with E-state index < -0.39 is 10.4 Å². The van der Waals surface area contributed by atoms with Crippen molar-refractivity contribution in [2.75, 3.05) is 26.1 Å². The third kappa shape index (κ3) is 5.12. The van der Waals surface area contributed by atoms with Crippen molar-refractivity contribution >= 4 is 28.2 Å². The summed E-state index contributed by atoms with van der Waals surface area (Å²) in [5.74, 6) is 0.208. The molecular weight excluding hydrogens is 314 g/mol. The van der Waals surface area contributed by atoms with Crippen LogP contribution in [0.4, 0.5) is 5.69 Å². The van der Waals surface area contributed by atoms with Crippen LogP contribution in [0.5, 0.6) is 5.75 Å². The molecule has 2 rings (SSSR count). The first kappa shape index (κ1) is 17.1. The zero-order chi connectivity index (χ0) is 16.9. The topological polar surface area (TPSA) is 55.8 Å². The standard InChI is InChI=1S/C17H19NO4S/c1-18(2)16-10-6-14(7-11-16)4-5-15-8-12-17(13-9-15)22-23(19,20)21-3/h4-13H,1-3H3/b5-4+. The molecule has 0 unspecified atom stereocenters. The maximum atomic E-state index is 11.2. The van der Waals surface area contributed by atoms with Crippen molar-refractivity contribution in [3.05, 3.63) is 59.7 Å². The molecule has 0 saturated heterocycles. The normalized spacial score (nSPS) is 11.6. The van der Waals surface area contributed by atoms with E-state index in [1.54, 1.807) is 24.3 Å². The third-order valence-electron chi connectivity index (χ3n) is 3.16. The molecule has 2 aromatic rings. The summed E-state index contributed by atoms with van der Waals surface area (Å²) in [4.78, 5) is 2.04. The van der Waals surface area contributed by atoms with Gasteiger partial charge in [-0.1, -0.05) is 36.4 Å². The molecule has 0 aliphatic rings. The lowest BCUT2D eigenvalue weighted by Crippen LogP contribution is -2.10. The second-order valence-electron chi connectivity index (χ2n) is 5.05. The molecule has 2 aromatic carbocycles. The molecule has 0 bridgehead atoms. The predicted molar refractivity (Wildman–Crippen MR) is 92.7 cm³/mol. The van der Waals surface area contributed by atoms with Crippen molar-refractivity contribution in [1.82, 2.24) is 0 Å². The Kier molecular flexibility index (Phi) is 5.41. The summed E-state index contributed by atoms with van der Waals surface area (Å²) < 4.78 is 31.3. The Morgan fingerprint density at radius 2 is 1.35 bits per heavy atom. The van der Waals surface area contributed by atoms with Gasteiger partial charge in [0.05, 0.1) is 7.11 Å². The first-order chi connectivity index (χ1) is 10.9. The van der Waals surface area contributed by atoms with Crippen molar-refractivity contribution < 1.29 is 16.8 Å². The largest absolute Gasteiger partial charge is 0.448 e. The molecule has 0 heterocycles. The van der Waals surface area contributed by atoms with E-state index in [-0.39, 0.29) is 5.75 Å². The van der Waals surface area contributed by atoms with Crippen molar-refractivity contribution in [2.45, 2.75) is 0 Å². The van der Waals surface area contributed by atoms with Gasteiger partial charge in [0.25, 0.3) is 0 Å². The van der Waals surface area contributed by atoms with E-state index in [2.05, 4.69) is 4.18 Å². The summed E-state index contributed by atoms with van der Waals surface area (Å²) >= 11 is 0. The number of anilines is 1. The van der Waals surface area contributed by atoms with Gasteiger partial charge >= 0.3 is 10.4 Å². The van der Waals surface area contributed by atoms with Crippen LogP contribution in [0.15, 0.2) is 48.5 Å². The van der Waals surface area contributed by atoms with E-state index in [0.29, 0.717) is 0 Å². The SMILES string of the molecule is COS(=O)(=O)Oc1ccc(/C=C/c2ccc(N(C)C)cc2)cc1. The van der Waals surface area contributed by atoms with E-state index in [0.717, 1.165) is 23.9 Å². The van der Waals surface area contributed by atoms with Crippen LogP contribution in [0.25, 0.3) is 12.2 Å². The quantitative estimate of drug-likeness (QED) is 0.760. The van der Waals surface area contributed by atoms with E-state index in [1.165, 1.54) is 0 Å². The van der Waals surface area contributed by atoms with Crippen LogP contribution in [-0.2, 0) is 14.6 Å². The highest BCUT2D eigenvalue weighted by atomic mass is 32.3. The monoisotopic (exact) mass is 333 g/mol. The highest BCUT2D eigenvalue weighted by Crippen LogP contribution is 2.18. The van der Waals surface area contributed by atoms with Crippen LogP contribution >= 0.6 is 0 Å². The van der Waals surface area contributed by atoms with Gasteiger partial charge in [0, 0.05) is 19.8 Å². The third-order valence-corrected chi connectivity index (χ3v) is 3.97. The molecule has 0 fully saturated rings. The smallest absolute Gasteiger partial charge is 0.378 e. The van der Waals surface area contributed by atoms with E-state index in [1.807, 2.05) is 55.4 Å². The Morgan fingerprint density at radius 3 is 1.78 bits per heavy atom. The summed E-state index contributed by atoms with van der Waals surface area (Å²) in [6.45, 7) is 0. The molecule has 0 atom stereocenters. The summed E-state index contributed by atoms with van der Waals surface area (Å²) in [5, 5.41) is 0. The fourth-order valence-corrected chi connectivity index (χ4v) is 2.28. The minimum absolute atomic E-state index is 0.208. The van der Waals surface area contributed by atoms with E-state index >= 15 is 0 Å². The predicted octanol–water partition coefficient (Wildman–Crippen LogP) is 3.19. The molecule has 5 nitrogen and oxygen atoms in total. The van der Waals surface area contributed by atoms with Crippen LogP contribution in [0.1, 0.15) is 11.1 Å². The summed E-state index contributed by atoms with van der Waals surface area (Å²) in [6, 6.07) is 14.9. The van der Waals surface area contributed by atoms with Crippen LogP contribution in [0.3, 0.4) is 0 Å². The number of benzene rings is 2. The van der Waals surface area contributed by atoms with Gasteiger partial charge in [-0.3, -0.25) is 0 Å². The molecule has 0 radical (unpaired) electrons. The molecule has 0 aromatic heterocycles. The zero-order valence-electron chi connectivity index (χ0n) is 13.3. The molecule has 0 spiro atoms. The van der Waals surface area contributed by atoms with Crippen LogP contribution in [0.2, 0.25) is 0 Å². The molecule has 0 aliphatic heterocycles. The second kappa shape index (κ2) is 7.30. The molecule has 0 amide bonds. The van der Waals surface area contributed by atoms with Gasteiger partial charge in [-0.15, -0.1) is 0 Å². The molecule has 0 aliphatic carbocycles. The number of hydrogen-bond acceptors (Lipinski definition) is 5. The van der Waals surface area contributed by atoms with Gasteiger partial charge in [0.15, 0.2) is 0 Å². The number of nitrogens with zero attached hydrogens (tertiary/aromatic N) is 1. The average molecular weight is 333 g/mol. The zero-order valence-corrected chi connectivity index (χ0v) is 14.1. The Bertz CT molecular complexity index is 763. The van der Waals surface area contributed by atoms with Gasteiger partial charge < -0.3 is 9.08 Å². The Hall–Kier alpha value is -2.31. The molecule has 23 heavy (non-hydrogen) atoms. The van der Waals surface area contributed by atoms with Crippen molar-refractivity contribution in [3.8, 4) is 5.75 Å². The fourth-order valence-electron chi connectivity index (χ4n) is 1.86. The van der Waals surface area contributed by atoms with Crippen LogP contribution in [-0.4, -0.2) is 29.6 Å². The van der Waals surface area contributed by atoms with Crippen molar-refractivity contribution in [1.29, 1.82) is 0 Å². The van der Waals surface area contributed by atoms with E-state index in [9.17, 15) is 8.42 Å². The Morgan fingerprint density at radius 1 is 0.870 bits per heavy atom. The van der Waals surface area contributed by atoms with Crippen LogP contribution in [0, 0.1) is 0 Å². The summed E-state index contributed by atoms with van der Waals surface area (Å²) in [5.41, 5.74) is 3.16. The summed E-state index contributed by atoms with van der Waals surface area (Å²) in [6.07, 6.45) is 3.93. The van der Waals surface area contributed by atoms with Gasteiger partial charge in [-0.05, 0) is 35.4 Å². The molecule has 122 valence electrons. The van der Waals surface area contributed by atoms with E-state index in [4.69, 9.17) is 4.18 Å². The van der Waals surface area contributed by atoms with Gasteiger partial charge in [-0.2, -0.15) is 8.42 Å². The first-order valence-electron chi connectivity index (χ1n) is 6.95. The molecule has 6 heteroatoms. The van der Waals surface area contributed by atoms with Crippen molar-refractivity contribution in [3.63, 3.8) is 0 Å². The van der Waals surface area contributed by atoms with Gasteiger partial charge in [0.2, 0.25) is 0 Å². The molecule has 0 saturated carbocycles. The maximum Gasteiger partial charge on any atom is 0.448 e. The number of rotatable bonds is 6. The second-order valence-corrected chi connectivity index (χ2v) is 6.36. The molecule has 0 N–H and O–H groups in total. The minimum atomic E-state index is -3.97.